The molecule has 1 aromatic heterocycles. The van der Waals surface area contributed by atoms with E-state index < -0.39 is 0 Å². The van der Waals surface area contributed by atoms with Crippen LogP contribution in [0.4, 0.5) is 17.2 Å². The molecule has 0 bridgehead atoms. The van der Waals surface area contributed by atoms with Crippen LogP contribution >= 0.6 is 0 Å². The fraction of sp³-hybridized carbons (Fsp3) is 0.353. The number of hydrogen-bond donors (Lipinski definition) is 2. The highest BCUT2D eigenvalue weighted by Gasteiger charge is 2.09. The van der Waals surface area contributed by atoms with Gasteiger partial charge in [0.1, 0.15) is 5.82 Å². The van der Waals surface area contributed by atoms with Crippen molar-refractivity contribution in [3.05, 3.63) is 42.1 Å². The van der Waals surface area contributed by atoms with Crippen molar-refractivity contribution in [2.75, 3.05) is 29.6 Å². The Morgan fingerprint density at radius 3 is 2.35 bits per heavy atom. The number of nitrogens with zero attached hydrogens (tertiary/aromatic N) is 3. The van der Waals surface area contributed by atoms with Gasteiger partial charge in [-0.15, -0.1) is 10.2 Å². The summed E-state index contributed by atoms with van der Waals surface area (Å²) in [4.78, 5) is 14.2. The Morgan fingerprint density at radius 2 is 1.83 bits per heavy atom. The van der Waals surface area contributed by atoms with Crippen LogP contribution in [0.3, 0.4) is 0 Å². The monoisotopic (exact) mass is 313 g/mol. The maximum Gasteiger partial charge on any atom is 0.276 e. The Balaban J connectivity index is 2.00. The molecule has 1 amide bonds. The number of hydrogen-bond acceptors (Lipinski definition) is 5. The smallest absolute Gasteiger partial charge is 0.276 e. The van der Waals surface area contributed by atoms with Gasteiger partial charge in [0.2, 0.25) is 0 Å². The van der Waals surface area contributed by atoms with Gasteiger partial charge < -0.3 is 15.5 Å². The fourth-order valence-electron chi connectivity index (χ4n) is 1.92. The molecule has 122 valence electrons. The van der Waals surface area contributed by atoms with Crippen LogP contribution < -0.4 is 15.5 Å². The quantitative estimate of drug-likeness (QED) is 0.858. The third kappa shape index (κ3) is 4.67. The van der Waals surface area contributed by atoms with Gasteiger partial charge in [0.25, 0.3) is 5.91 Å². The summed E-state index contributed by atoms with van der Waals surface area (Å²) in [6.45, 7) is 4.16. The SMILES string of the molecule is CCC(C)Nc1ccc(C(=O)Nc2ccc(N(C)C)cc2)nn1. The molecule has 0 spiro atoms. The molecule has 2 rings (SSSR count). The van der Waals surface area contributed by atoms with Crippen LogP contribution in [0.5, 0.6) is 0 Å². The highest BCUT2D eigenvalue weighted by atomic mass is 16.1. The summed E-state index contributed by atoms with van der Waals surface area (Å²) < 4.78 is 0. The Kier molecular flexibility index (Phi) is 5.51. The van der Waals surface area contributed by atoms with Crippen LogP contribution in [0.15, 0.2) is 36.4 Å². The maximum absolute atomic E-state index is 12.2. The van der Waals surface area contributed by atoms with Gasteiger partial charge in [-0.25, -0.2) is 0 Å². The minimum absolute atomic E-state index is 0.273. The number of amides is 1. The zero-order chi connectivity index (χ0) is 16.8. The highest BCUT2D eigenvalue weighted by Crippen LogP contribution is 2.16. The number of carbonyl (C=O) groups is 1. The van der Waals surface area contributed by atoms with Crippen LogP contribution in [0.2, 0.25) is 0 Å². The number of rotatable bonds is 6. The van der Waals surface area contributed by atoms with E-state index in [1.54, 1.807) is 12.1 Å². The molecule has 1 unspecified atom stereocenters. The van der Waals surface area contributed by atoms with Gasteiger partial charge in [-0.3, -0.25) is 4.79 Å². The highest BCUT2D eigenvalue weighted by molar-refractivity contribution is 6.02. The fourth-order valence-corrected chi connectivity index (χ4v) is 1.92. The minimum atomic E-state index is -0.273. The molecule has 23 heavy (non-hydrogen) atoms. The summed E-state index contributed by atoms with van der Waals surface area (Å²) in [5, 5.41) is 14.0. The van der Waals surface area contributed by atoms with Crippen molar-refractivity contribution < 1.29 is 4.79 Å². The van der Waals surface area contributed by atoms with Gasteiger partial charge in [-0.1, -0.05) is 6.92 Å². The number of nitrogens with one attached hydrogen (secondary N) is 2. The summed E-state index contributed by atoms with van der Waals surface area (Å²) in [5.74, 6) is 0.399. The van der Waals surface area contributed by atoms with E-state index >= 15 is 0 Å². The van der Waals surface area contributed by atoms with E-state index in [1.165, 1.54) is 0 Å². The van der Waals surface area contributed by atoms with Crippen molar-refractivity contribution >= 4 is 23.1 Å². The Labute approximate surface area is 136 Å². The second kappa shape index (κ2) is 7.58. The number of anilines is 3. The molecule has 1 heterocycles. The average Bonchev–Trinajstić information content (AvgIpc) is 2.55. The van der Waals surface area contributed by atoms with E-state index in [4.69, 9.17) is 0 Å². The lowest BCUT2D eigenvalue weighted by Crippen LogP contribution is -2.17. The molecule has 1 aromatic carbocycles. The molecular weight excluding hydrogens is 290 g/mol. The van der Waals surface area contributed by atoms with Crippen molar-refractivity contribution in [1.82, 2.24) is 10.2 Å². The topological polar surface area (TPSA) is 70.2 Å². The number of benzene rings is 1. The van der Waals surface area contributed by atoms with E-state index in [0.717, 1.165) is 17.8 Å². The molecule has 0 aliphatic heterocycles. The number of aromatic nitrogens is 2. The van der Waals surface area contributed by atoms with Gasteiger partial charge in [-0.2, -0.15) is 0 Å². The van der Waals surface area contributed by atoms with E-state index in [-0.39, 0.29) is 11.6 Å². The molecule has 2 N–H and O–H groups in total. The van der Waals surface area contributed by atoms with Gasteiger partial charge in [0, 0.05) is 31.5 Å². The Morgan fingerprint density at radius 1 is 1.13 bits per heavy atom. The first-order valence-corrected chi connectivity index (χ1v) is 7.68. The normalized spacial score (nSPS) is 11.7. The molecular formula is C17H23N5O. The zero-order valence-electron chi connectivity index (χ0n) is 14.0. The zero-order valence-corrected chi connectivity index (χ0v) is 14.0. The third-order valence-corrected chi connectivity index (χ3v) is 3.55. The lowest BCUT2D eigenvalue weighted by atomic mass is 10.2. The van der Waals surface area contributed by atoms with Crippen molar-refractivity contribution in [3.8, 4) is 0 Å². The Bertz CT molecular complexity index is 637. The van der Waals surface area contributed by atoms with Crippen LogP contribution in [-0.2, 0) is 0 Å². The van der Waals surface area contributed by atoms with Gasteiger partial charge in [0.05, 0.1) is 0 Å². The summed E-state index contributed by atoms with van der Waals surface area (Å²) in [6, 6.07) is 11.4. The molecule has 0 aliphatic rings. The first-order valence-electron chi connectivity index (χ1n) is 7.68. The second-order valence-electron chi connectivity index (χ2n) is 5.65. The van der Waals surface area contributed by atoms with Gasteiger partial charge in [0.15, 0.2) is 5.69 Å². The number of carbonyl (C=O) groups excluding carboxylic acids is 1. The third-order valence-electron chi connectivity index (χ3n) is 3.55. The molecule has 6 nitrogen and oxygen atoms in total. The Hall–Kier alpha value is -2.63. The van der Waals surface area contributed by atoms with Crippen molar-refractivity contribution in [2.45, 2.75) is 26.3 Å². The van der Waals surface area contributed by atoms with Crippen LogP contribution in [-0.4, -0.2) is 36.2 Å². The maximum atomic E-state index is 12.2. The largest absolute Gasteiger partial charge is 0.378 e. The average molecular weight is 313 g/mol. The molecule has 6 heteroatoms. The van der Waals surface area contributed by atoms with Crippen LogP contribution in [0, 0.1) is 0 Å². The molecule has 0 radical (unpaired) electrons. The van der Waals surface area contributed by atoms with Crippen molar-refractivity contribution in [2.24, 2.45) is 0 Å². The van der Waals surface area contributed by atoms with Crippen molar-refractivity contribution in [3.63, 3.8) is 0 Å². The first kappa shape index (κ1) is 16.7. The molecule has 0 aliphatic carbocycles. The van der Waals surface area contributed by atoms with Crippen LogP contribution in [0.1, 0.15) is 30.8 Å². The molecule has 2 aromatic rings. The molecule has 1 atom stereocenters. The summed E-state index contributed by atoms with van der Waals surface area (Å²) in [7, 11) is 3.94. The van der Waals surface area contributed by atoms with E-state index in [1.807, 2.05) is 43.3 Å². The van der Waals surface area contributed by atoms with Crippen LogP contribution in [0.25, 0.3) is 0 Å². The standard InChI is InChI=1S/C17H23N5O/c1-5-12(2)18-16-11-10-15(20-21-16)17(23)19-13-6-8-14(9-7-13)22(3)4/h6-12H,5H2,1-4H3,(H,18,21)(H,19,23). The summed E-state index contributed by atoms with van der Waals surface area (Å²) >= 11 is 0. The minimum Gasteiger partial charge on any atom is -0.378 e. The predicted octanol–water partition coefficient (Wildman–Crippen LogP) is 3.01. The summed E-state index contributed by atoms with van der Waals surface area (Å²) in [5.41, 5.74) is 2.09. The summed E-state index contributed by atoms with van der Waals surface area (Å²) in [6.07, 6.45) is 0.993. The van der Waals surface area contributed by atoms with E-state index in [0.29, 0.717) is 11.9 Å². The molecule has 0 saturated carbocycles. The second-order valence-corrected chi connectivity index (χ2v) is 5.65. The predicted molar refractivity (Wildman–Crippen MR) is 94.1 cm³/mol. The van der Waals surface area contributed by atoms with E-state index in [2.05, 4.69) is 34.7 Å². The van der Waals surface area contributed by atoms with Gasteiger partial charge >= 0.3 is 0 Å². The van der Waals surface area contributed by atoms with Crippen molar-refractivity contribution in [1.29, 1.82) is 0 Å². The van der Waals surface area contributed by atoms with E-state index in [9.17, 15) is 4.79 Å². The lowest BCUT2D eigenvalue weighted by molar-refractivity contribution is 0.102. The molecule has 0 saturated heterocycles. The lowest BCUT2D eigenvalue weighted by Gasteiger charge is -2.13. The molecule has 0 fully saturated rings. The van der Waals surface area contributed by atoms with Gasteiger partial charge in [-0.05, 0) is 49.7 Å². The first-order chi connectivity index (χ1) is 11.0.